The van der Waals surface area contributed by atoms with E-state index in [1.807, 2.05) is 23.1 Å². The Morgan fingerprint density at radius 1 is 0.958 bits per heavy atom. The molecule has 3 rings (SSSR count). The molecule has 2 atom stereocenters. The minimum atomic E-state index is -1.16. The van der Waals surface area contributed by atoms with Gasteiger partial charge in [-0.25, -0.2) is 13.2 Å². The van der Waals surface area contributed by atoms with Crippen molar-refractivity contribution < 1.29 is 13.2 Å². The van der Waals surface area contributed by atoms with Gasteiger partial charge < -0.3 is 5.73 Å². The molecule has 0 spiro atoms. The highest BCUT2D eigenvalue weighted by molar-refractivity contribution is 5.85. The summed E-state index contributed by atoms with van der Waals surface area (Å²) in [6.07, 6.45) is 0. The van der Waals surface area contributed by atoms with Crippen LogP contribution in [-0.4, -0.2) is 24.5 Å². The van der Waals surface area contributed by atoms with E-state index in [2.05, 4.69) is 12.1 Å². The van der Waals surface area contributed by atoms with Gasteiger partial charge in [-0.3, -0.25) is 4.90 Å². The first-order valence-corrected chi connectivity index (χ1v) is 7.69. The van der Waals surface area contributed by atoms with Crippen molar-refractivity contribution in [2.24, 2.45) is 11.7 Å². The van der Waals surface area contributed by atoms with Gasteiger partial charge >= 0.3 is 0 Å². The van der Waals surface area contributed by atoms with E-state index < -0.39 is 17.5 Å². The van der Waals surface area contributed by atoms with Crippen LogP contribution in [0.5, 0.6) is 0 Å². The van der Waals surface area contributed by atoms with E-state index in [9.17, 15) is 13.2 Å². The van der Waals surface area contributed by atoms with Gasteiger partial charge in [0, 0.05) is 37.2 Å². The SMILES string of the molecule is Cl.NC[C@@H]1CN(Cc2cc(F)c(F)cc2F)C[C@H]1c1ccccc1. The fourth-order valence-electron chi connectivity index (χ4n) is 3.33. The van der Waals surface area contributed by atoms with Crippen molar-refractivity contribution in [1.82, 2.24) is 4.90 Å². The molecular formula is C18H20ClF3N2. The maximum Gasteiger partial charge on any atom is 0.161 e. The quantitative estimate of drug-likeness (QED) is 0.846. The lowest BCUT2D eigenvalue weighted by atomic mass is 9.89. The van der Waals surface area contributed by atoms with Crippen molar-refractivity contribution in [3.05, 3.63) is 71.0 Å². The molecule has 0 saturated carbocycles. The molecule has 2 nitrogen and oxygen atoms in total. The van der Waals surface area contributed by atoms with Crippen LogP contribution in [0.1, 0.15) is 17.0 Å². The molecule has 1 saturated heterocycles. The Kier molecular flexibility index (Phi) is 6.27. The summed E-state index contributed by atoms with van der Waals surface area (Å²) in [6, 6.07) is 11.6. The molecule has 2 N–H and O–H groups in total. The fraction of sp³-hybridized carbons (Fsp3) is 0.333. The van der Waals surface area contributed by atoms with Crippen molar-refractivity contribution in [1.29, 1.82) is 0 Å². The molecule has 1 heterocycles. The highest BCUT2D eigenvalue weighted by Gasteiger charge is 2.33. The number of nitrogens with zero attached hydrogens (tertiary/aromatic N) is 1. The van der Waals surface area contributed by atoms with Crippen molar-refractivity contribution in [3.63, 3.8) is 0 Å². The molecular weight excluding hydrogens is 337 g/mol. The number of rotatable bonds is 4. The topological polar surface area (TPSA) is 29.3 Å². The standard InChI is InChI=1S/C18H19F3N2.ClH/c19-16-7-18(21)17(20)6-13(16)9-23-10-14(8-22)15(11-23)12-4-2-1-3-5-12;/h1-7,14-15H,8-11,22H2;1H/t14-,15+;/m1./s1. The molecule has 0 aliphatic carbocycles. The highest BCUT2D eigenvalue weighted by atomic mass is 35.5. The van der Waals surface area contributed by atoms with Gasteiger partial charge in [-0.2, -0.15) is 0 Å². The van der Waals surface area contributed by atoms with Gasteiger partial charge in [0.25, 0.3) is 0 Å². The first-order chi connectivity index (χ1) is 11.1. The molecule has 2 aromatic rings. The first-order valence-electron chi connectivity index (χ1n) is 7.69. The van der Waals surface area contributed by atoms with E-state index in [1.165, 1.54) is 5.56 Å². The largest absolute Gasteiger partial charge is 0.330 e. The summed E-state index contributed by atoms with van der Waals surface area (Å²) in [5, 5.41) is 0. The Morgan fingerprint density at radius 2 is 1.62 bits per heavy atom. The zero-order valence-corrected chi connectivity index (χ0v) is 13.9. The highest BCUT2D eigenvalue weighted by Crippen LogP contribution is 2.33. The minimum Gasteiger partial charge on any atom is -0.330 e. The molecule has 24 heavy (non-hydrogen) atoms. The smallest absolute Gasteiger partial charge is 0.161 e. The predicted octanol–water partition coefficient (Wildman–Crippen LogP) is 3.70. The van der Waals surface area contributed by atoms with Gasteiger partial charge in [0.1, 0.15) is 5.82 Å². The van der Waals surface area contributed by atoms with Crippen molar-refractivity contribution in [3.8, 4) is 0 Å². The van der Waals surface area contributed by atoms with Gasteiger partial charge in [0.15, 0.2) is 11.6 Å². The van der Waals surface area contributed by atoms with Crippen LogP contribution >= 0.6 is 12.4 Å². The molecule has 1 fully saturated rings. The second kappa shape index (κ2) is 8.01. The zero-order valence-electron chi connectivity index (χ0n) is 13.1. The van der Waals surface area contributed by atoms with E-state index in [0.29, 0.717) is 19.2 Å². The van der Waals surface area contributed by atoms with E-state index >= 15 is 0 Å². The van der Waals surface area contributed by atoms with Crippen molar-refractivity contribution >= 4 is 12.4 Å². The van der Waals surface area contributed by atoms with Crippen LogP contribution in [0, 0.1) is 23.4 Å². The summed E-state index contributed by atoms with van der Waals surface area (Å²) in [6.45, 7) is 2.23. The van der Waals surface area contributed by atoms with Crippen LogP contribution in [0.25, 0.3) is 0 Å². The summed E-state index contributed by atoms with van der Waals surface area (Å²) < 4.78 is 40.2. The minimum absolute atomic E-state index is 0. The van der Waals surface area contributed by atoms with Crippen molar-refractivity contribution in [2.45, 2.75) is 12.5 Å². The average Bonchev–Trinajstić information content (AvgIpc) is 2.96. The summed E-state index contributed by atoms with van der Waals surface area (Å²) in [4.78, 5) is 2.05. The number of benzene rings is 2. The first kappa shape index (κ1) is 18.8. The second-order valence-corrected chi connectivity index (χ2v) is 6.06. The summed E-state index contributed by atoms with van der Waals surface area (Å²) in [5.74, 6) is -2.35. The maximum absolute atomic E-state index is 13.8. The molecule has 0 amide bonds. The Labute approximate surface area is 145 Å². The third-order valence-electron chi connectivity index (χ3n) is 4.53. The molecule has 1 aliphatic heterocycles. The van der Waals surface area contributed by atoms with Crippen molar-refractivity contribution in [2.75, 3.05) is 19.6 Å². The second-order valence-electron chi connectivity index (χ2n) is 6.06. The van der Waals surface area contributed by atoms with E-state index in [0.717, 1.165) is 12.6 Å². The summed E-state index contributed by atoms with van der Waals surface area (Å²) in [7, 11) is 0. The monoisotopic (exact) mass is 356 g/mol. The Morgan fingerprint density at radius 3 is 2.29 bits per heavy atom. The lowest BCUT2D eigenvalue weighted by molar-refractivity contribution is 0.310. The number of hydrogen-bond donors (Lipinski definition) is 1. The molecule has 1 aliphatic rings. The van der Waals surface area contributed by atoms with E-state index in [4.69, 9.17) is 5.73 Å². The van der Waals surface area contributed by atoms with E-state index in [-0.39, 0.29) is 36.4 Å². The lowest BCUT2D eigenvalue weighted by Gasteiger charge is -2.17. The van der Waals surface area contributed by atoms with Crippen LogP contribution < -0.4 is 5.73 Å². The molecule has 130 valence electrons. The van der Waals surface area contributed by atoms with E-state index in [1.54, 1.807) is 0 Å². The average molecular weight is 357 g/mol. The van der Waals surface area contributed by atoms with Gasteiger partial charge in [0.05, 0.1) is 0 Å². The van der Waals surface area contributed by atoms with Crippen LogP contribution in [0.4, 0.5) is 13.2 Å². The molecule has 2 aromatic carbocycles. The molecule has 0 radical (unpaired) electrons. The molecule has 6 heteroatoms. The van der Waals surface area contributed by atoms with Crippen LogP contribution in [0.3, 0.4) is 0 Å². The fourth-order valence-corrected chi connectivity index (χ4v) is 3.33. The number of hydrogen-bond acceptors (Lipinski definition) is 2. The summed E-state index contributed by atoms with van der Waals surface area (Å²) >= 11 is 0. The maximum atomic E-state index is 13.8. The Hall–Kier alpha value is -1.56. The van der Waals surface area contributed by atoms with Crippen LogP contribution in [0.15, 0.2) is 42.5 Å². The Bertz CT molecular complexity index is 681. The normalized spacial score (nSPS) is 20.8. The third kappa shape index (κ3) is 3.91. The Balaban J connectivity index is 0.00000208. The van der Waals surface area contributed by atoms with Crippen LogP contribution in [0.2, 0.25) is 0 Å². The lowest BCUT2D eigenvalue weighted by Crippen LogP contribution is -2.23. The van der Waals surface area contributed by atoms with Gasteiger partial charge in [0.2, 0.25) is 0 Å². The number of likely N-dealkylation sites (tertiary alicyclic amines) is 1. The summed E-state index contributed by atoms with van der Waals surface area (Å²) in [5.41, 5.74) is 7.26. The number of halogens is 4. The predicted molar refractivity (Wildman–Crippen MR) is 90.6 cm³/mol. The van der Waals surface area contributed by atoms with Gasteiger partial charge in [-0.05, 0) is 24.1 Å². The molecule has 0 aromatic heterocycles. The third-order valence-corrected chi connectivity index (χ3v) is 4.53. The number of nitrogens with two attached hydrogens (primary N) is 1. The molecule has 0 bridgehead atoms. The van der Waals surface area contributed by atoms with Gasteiger partial charge in [-0.15, -0.1) is 12.4 Å². The van der Waals surface area contributed by atoms with Crippen LogP contribution in [-0.2, 0) is 6.54 Å². The zero-order chi connectivity index (χ0) is 16.4. The van der Waals surface area contributed by atoms with Gasteiger partial charge in [-0.1, -0.05) is 30.3 Å². The molecule has 0 unspecified atom stereocenters.